The molecule has 1 aromatic carbocycles. The van der Waals surface area contributed by atoms with Crippen molar-refractivity contribution in [3.05, 3.63) is 47.7 Å². The average Bonchev–Trinajstić information content (AvgIpc) is 3.97. The molecule has 53 heavy (non-hydrogen) atoms. The molecule has 5 atom stereocenters. The summed E-state index contributed by atoms with van der Waals surface area (Å²) in [5.41, 5.74) is -0.650. The van der Waals surface area contributed by atoms with Gasteiger partial charge in [-0.05, 0) is 92.1 Å². The predicted octanol–water partition coefficient (Wildman–Crippen LogP) is 4.49. The average molecular weight is 750 g/mol. The van der Waals surface area contributed by atoms with Gasteiger partial charge in [-0.3, -0.25) is 19.1 Å². The number of hydrogen-bond donors (Lipinski definition) is 3. The van der Waals surface area contributed by atoms with Crippen molar-refractivity contribution in [1.82, 2.24) is 25.2 Å². The Kier molecular flexibility index (Phi) is 9.30. The van der Waals surface area contributed by atoms with Crippen molar-refractivity contribution in [3.63, 3.8) is 0 Å². The second kappa shape index (κ2) is 13.3. The number of nitrogens with zero attached hydrogens (tertiary/aromatic N) is 2. The van der Waals surface area contributed by atoms with E-state index in [9.17, 15) is 27.6 Å². The monoisotopic (exact) mass is 749 g/mol. The Morgan fingerprint density at radius 3 is 2.57 bits per heavy atom. The minimum absolute atomic E-state index is 0.0669. The van der Waals surface area contributed by atoms with E-state index in [1.807, 2.05) is 43.3 Å². The van der Waals surface area contributed by atoms with Crippen LogP contribution in [0.1, 0.15) is 103 Å². The number of nitrogens with one attached hydrogen (secondary N) is 3. The number of benzene rings is 1. The highest BCUT2D eigenvalue weighted by Gasteiger charge is 2.64. The Hall–Kier alpha value is -4.20. The van der Waals surface area contributed by atoms with E-state index in [-0.39, 0.29) is 19.4 Å². The number of carbonyl (C=O) groups excluding carboxylic acids is 4. The van der Waals surface area contributed by atoms with E-state index in [1.54, 1.807) is 27.7 Å². The van der Waals surface area contributed by atoms with Crippen LogP contribution in [0.5, 0.6) is 5.75 Å². The number of rotatable bonds is 4. The number of aryl methyl sites for hydroxylation is 2. The minimum atomic E-state index is -3.98. The fourth-order valence-electron chi connectivity index (χ4n) is 8.09. The first-order chi connectivity index (χ1) is 24.9. The quantitative estimate of drug-likeness (QED) is 0.381. The predicted molar refractivity (Wildman–Crippen MR) is 197 cm³/mol. The minimum Gasteiger partial charge on any atom is -0.483 e. The summed E-state index contributed by atoms with van der Waals surface area (Å²) < 4.78 is 40.0. The maximum atomic E-state index is 14.7. The maximum Gasteiger partial charge on any atom is 0.408 e. The van der Waals surface area contributed by atoms with Crippen molar-refractivity contribution >= 4 is 44.7 Å². The van der Waals surface area contributed by atoms with Gasteiger partial charge in [-0.1, -0.05) is 43.2 Å². The smallest absolute Gasteiger partial charge is 0.408 e. The zero-order chi connectivity index (χ0) is 38.0. The van der Waals surface area contributed by atoms with Gasteiger partial charge in [-0.15, -0.1) is 0 Å². The van der Waals surface area contributed by atoms with Gasteiger partial charge >= 0.3 is 6.09 Å². The van der Waals surface area contributed by atoms with E-state index in [1.165, 1.54) is 4.90 Å². The number of fused-ring (bicyclic) bond motifs is 5. The van der Waals surface area contributed by atoms with E-state index < -0.39 is 73.3 Å². The van der Waals surface area contributed by atoms with Gasteiger partial charge in [-0.2, -0.15) is 0 Å². The van der Waals surface area contributed by atoms with Gasteiger partial charge in [0.25, 0.3) is 5.91 Å². The molecular weight excluding hydrogens is 699 g/mol. The Labute approximate surface area is 311 Å². The highest BCUT2D eigenvalue weighted by atomic mass is 32.2. The zero-order valence-electron chi connectivity index (χ0n) is 31.3. The summed E-state index contributed by atoms with van der Waals surface area (Å²) in [6, 6.07) is 5.82. The molecule has 286 valence electrons. The fraction of sp³-hybridized carbons (Fsp3) is 0.615. The SMILES string of the molecule is Cc1nc2ccccc2c2c1O[C@]1(CC2)C[C@H]2C(=O)N[C@]3(C(=O)NS(=O)(=O)C4(C)CC4)C[C@H]3/C=C/CCCCC[C@H](NC(=O)OC(C)(C)C)C(=O)N2C1. The molecule has 1 spiro atoms. The van der Waals surface area contributed by atoms with Gasteiger partial charge in [0.2, 0.25) is 21.8 Å². The lowest BCUT2D eigenvalue weighted by Gasteiger charge is -2.36. The van der Waals surface area contributed by atoms with Gasteiger partial charge in [-0.25, -0.2) is 18.2 Å². The number of para-hydroxylation sites is 1. The van der Waals surface area contributed by atoms with Crippen molar-refractivity contribution in [2.75, 3.05) is 6.54 Å². The molecule has 4 amide bonds. The lowest BCUT2D eigenvalue weighted by molar-refractivity contribution is -0.141. The van der Waals surface area contributed by atoms with Crippen LogP contribution in [0.25, 0.3) is 10.9 Å². The number of sulfonamides is 1. The second-order valence-electron chi connectivity index (χ2n) is 16.9. The number of aromatic nitrogens is 1. The first-order valence-electron chi connectivity index (χ1n) is 18.9. The first-order valence-corrected chi connectivity index (χ1v) is 20.4. The third-order valence-corrected chi connectivity index (χ3v) is 13.7. The maximum absolute atomic E-state index is 14.7. The van der Waals surface area contributed by atoms with Crippen LogP contribution in [0, 0.1) is 12.8 Å². The summed E-state index contributed by atoms with van der Waals surface area (Å²) in [6.07, 6.45) is 8.79. The summed E-state index contributed by atoms with van der Waals surface area (Å²) >= 11 is 0. The molecule has 2 aliphatic carbocycles. The van der Waals surface area contributed by atoms with Crippen LogP contribution >= 0.6 is 0 Å². The number of hydrogen-bond acceptors (Lipinski definition) is 9. The van der Waals surface area contributed by atoms with Crippen molar-refractivity contribution < 1.29 is 37.1 Å². The highest BCUT2D eigenvalue weighted by Crippen LogP contribution is 2.49. The van der Waals surface area contributed by atoms with E-state index in [0.717, 1.165) is 29.3 Å². The third-order valence-electron chi connectivity index (χ3n) is 11.6. The molecule has 1 saturated heterocycles. The summed E-state index contributed by atoms with van der Waals surface area (Å²) in [5.74, 6) is -1.58. The number of carbonyl (C=O) groups is 4. The second-order valence-corrected chi connectivity index (χ2v) is 19.1. The fourth-order valence-corrected chi connectivity index (χ4v) is 9.40. The van der Waals surface area contributed by atoms with Crippen LogP contribution in [0.15, 0.2) is 36.4 Å². The molecule has 7 rings (SSSR count). The van der Waals surface area contributed by atoms with E-state index >= 15 is 0 Å². The van der Waals surface area contributed by atoms with Gasteiger partial charge in [0.15, 0.2) is 0 Å². The lowest BCUT2D eigenvalue weighted by Crippen LogP contribution is -2.58. The van der Waals surface area contributed by atoms with E-state index in [2.05, 4.69) is 15.4 Å². The number of amides is 4. The van der Waals surface area contributed by atoms with Crippen LogP contribution in [-0.2, 0) is 35.6 Å². The van der Waals surface area contributed by atoms with Crippen molar-refractivity contribution in [1.29, 1.82) is 0 Å². The lowest BCUT2D eigenvalue weighted by atomic mass is 9.87. The summed E-state index contributed by atoms with van der Waals surface area (Å²) in [6.45, 7) is 8.79. The largest absolute Gasteiger partial charge is 0.483 e. The number of alkyl carbamates (subject to hydrolysis) is 1. The molecule has 5 aliphatic rings. The molecule has 3 aliphatic heterocycles. The van der Waals surface area contributed by atoms with Crippen LogP contribution < -0.4 is 20.1 Å². The molecule has 4 heterocycles. The Balaban J connectivity index is 1.23. The van der Waals surface area contributed by atoms with Crippen molar-refractivity contribution in [2.45, 2.75) is 139 Å². The molecule has 0 radical (unpaired) electrons. The Morgan fingerprint density at radius 2 is 1.83 bits per heavy atom. The van der Waals surface area contributed by atoms with Crippen LogP contribution in [0.4, 0.5) is 4.79 Å². The molecule has 0 bridgehead atoms. The molecule has 13 nitrogen and oxygen atoms in total. The molecule has 1 aromatic heterocycles. The summed E-state index contributed by atoms with van der Waals surface area (Å²) in [7, 11) is -3.98. The molecule has 14 heteroatoms. The van der Waals surface area contributed by atoms with Crippen LogP contribution in [0.3, 0.4) is 0 Å². The summed E-state index contributed by atoms with van der Waals surface area (Å²) in [4.78, 5) is 62.5. The molecule has 3 N–H and O–H groups in total. The molecule has 3 fully saturated rings. The first kappa shape index (κ1) is 37.1. The van der Waals surface area contributed by atoms with E-state index in [4.69, 9.17) is 14.5 Å². The van der Waals surface area contributed by atoms with Gasteiger partial charge in [0.1, 0.15) is 34.6 Å². The van der Waals surface area contributed by atoms with Crippen molar-refractivity contribution in [2.24, 2.45) is 5.92 Å². The molecule has 0 unspecified atom stereocenters. The molecular formula is C39H51N5O8S. The molecule has 2 saturated carbocycles. The van der Waals surface area contributed by atoms with Crippen LogP contribution in [-0.4, -0.2) is 82.2 Å². The van der Waals surface area contributed by atoms with Crippen LogP contribution in [0.2, 0.25) is 0 Å². The van der Waals surface area contributed by atoms with Crippen molar-refractivity contribution in [3.8, 4) is 5.75 Å². The van der Waals surface area contributed by atoms with E-state index in [0.29, 0.717) is 56.4 Å². The zero-order valence-corrected chi connectivity index (χ0v) is 32.1. The van der Waals surface area contributed by atoms with Gasteiger partial charge in [0, 0.05) is 23.3 Å². The number of pyridine rings is 1. The Morgan fingerprint density at radius 1 is 1.08 bits per heavy atom. The standard InChI is InChI=1S/C39H51N5O8S/c1-24-31-27(26-14-11-12-15-28(26)40-24)17-18-38(51-31)22-30-32(45)42-39(34(47)43-53(49,50)37(5)19-20-37)21-25(39)13-9-7-6-8-10-16-29(33(46)44(30)23-38)41-35(48)52-36(2,3)4/h9,11-15,25,29-30H,6-8,10,16-23H2,1-5H3,(H,41,48)(H,42,45)(H,43,47)/b13-9+/t25-,29+,30+,38-,39-/m1/s1. The Bertz CT molecular complexity index is 1990. The normalized spacial score (nSPS) is 30.4. The highest BCUT2D eigenvalue weighted by molar-refractivity contribution is 7.91. The molecule has 2 aromatic rings. The van der Waals surface area contributed by atoms with Gasteiger partial charge in [0.05, 0.1) is 22.5 Å². The number of ether oxygens (including phenoxy) is 2. The summed E-state index contributed by atoms with van der Waals surface area (Å²) in [5, 5.41) is 6.72. The topological polar surface area (TPSA) is 173 Å². The van der Waals surface area contributed by atoms with Gasteiger partial charge < -0.3 is 25.0 Å². The number of allylic oxidation sites excluding steroid dienone is 1. The third kappa shape index (κ3) is 7.23.